The van der Waals surface area contributed by atoms with Gasteiger partial charge in [-0.3, -0.25) is 9.89 Å². The third-order valence-corrected chi connectivity index (χ3v) is 5.30. The van der Waals surface area contributed by atoms with Crippen LogP contribution in [-0.4, -0.2) is 54.8 Å². The maximum atomic E-state index is 10.7. The number of hydrogen-bond acceptors (Lipinski definition) is 5. The zero-order valence-electron chi connectivity index (χ0n) is 19.3. The van der Waals surface area contributed by atoms with E-state index in [-0.39, 0.29) is 36.1 Å². The Bertz CT molecular complexity index is 807. The summed E-state index contributed by atoms with van der Waals surface area (Å²) in [5.74, 6) is 2.40. The normalized spacial score (nSPS) is 16.5. The average molecular weight is 556 g/mol. The molecule has 1 fully saturated rings. The van der Waals surface area contributed by atoms with E-state index < -0.39 is 6.10 Å². The molecule has 1 aromatic carbocycles. The molecule has 178 valence electrons. The summed E-state index contributed by atoms with van der Waals surface area (Å²) in [6.45, 7) is 9.84. The maximum absolute atomic E-state index is 10.7. The molecule has 0 aliphatic carbocycles. The molecular formula is C24H37IN4O3. The highest BCUT2D eigenvalue weighted by Crippen LogP contribution is 2.26. The first kappa shape index (κ1) is 26.5. The summed E-state index contributed by atoms with van der Waals surface area (Å²) in [4.78, 5) is 7.23. The number of ether oxygens (including phenoxy) is 1. The Morgan fingerprint density at radius 2 is 1.97 bits per heavy atom. The Hall–Kier alpha value is -1.78. The second-order valence-electron chi connectivity index (χ2n) is 8.13. The van der Waals surface area contributed by atoms with E-state index in [9.17, 15) is 5.11 Å². The predicted molar refractivity (Wildman–Crippen MR) is 139 cm³/mol. The number of furan rings is 1. The van der Waals surface area contributed by atoms with Gasteiger partial charge >= 0.3 is 0 Å². The van der Waals surface area contributed by atoms with Gasteiger partial charge in [-0.1, -0.05) is 12.1 Å². The number of guanidine groups is 1. The highest BCUT2D eigenvalue weighted by Gasteiger charge is 2.25. The number of halogens is 1. The summed E-state index contributed by atoms with van der Waals surface area (Å²) in [5, 5.41) is 17.2. The summed E-state index contributed by atoms with van der Waals surface area (Å²) in [7, 11) is 0. The van der Waals surface area contributed by atoms with E-state index in [0.717, 1.165) is 36.7 Å². The van der Waals surface area contributed by atoms with E-state index in [4.69, 9.17) is 14.1 Å². The molecule has 0 radical (unpaired) electrons. The van der Waals surface area contributed by atoms with Crippen molar-refractivity contribution in [3.8, 4) is 5.75 Å². The quantitative estimate of drug-likeness (QED) is 0.232. The molecule has 1 aliphatic rings. The lowest BCUT2D eigenvalue weighted by Gasteiger charge is -2.25. The van der Waals surface area contributed by atoms with Crippen molar-refractivity contribution in [3.63, 3.8) is 0 Å². The van der Waals surface area contributed by atoms with Crippen LogP contribution in [0.15, 0.2) is 52.1 Å². The van der Waals surface area contributed by atoms with Crippen LogP contribution in [0.1, 0.15) is 57.1 Å². The van der Waals surface area contributed by atoms with Crippen LogP contribution in [0.5, 0.6) is 5.75 Å². The Morgan fingerprint density at radius 3 is 2.62 bits per heavy atom. The van der Waals surface area contributed by atoms with Crippen LogP contribution >= 0.6 is 24.0 Å². The van der Waals surface area contributed by atoms with Crippen LogP contribution < -0.4 is 15.4 Å². The molecule has 2 heterocycles. The molecule has 32 heavy (non-hydrogen) atoms. The summed E-state index contributed by atoms with van der Waals surface area (Å²) >= 11 is 0. The molecule has 2 unspecified atom stereocenters. The predicted octanol–water partition coefficient (Wildman–Crippen LogP) is 4.11. The summed E-state index contributed by atoms with van der Waals surface area (Å²) < 4.78 is 11.4. The van der Waals surface area contributed by atoms with Crippen molar-refractivity contribution in [3.05, 3.63) is 54.0 Å². The van der Waals surface area contributed by atoms with E-state index in [1.807, 2.05) is 57.2 Å². The van der Waals surface area contributed by atoms with Crippen molar-refractivity contribution in [1.82, 2.24) is 15.5 Å². The number of aliphatic imine (C=N–C) groups is 1. The van der Waals surface area contributed by atoms with E-state index in [1.165, 1.54) is 12.8 Å². The van der Waals surface area contributed by atoms with Gasteiger partial charge in [0.05, 0.1) is 31.1 Å². The van der Waals surface area contributed by atoms with Gasteiger partial charge in [0.1, 0.15) is 11.5 Å². The minimum atomic E-state index is -0.668. The lowest BCUT2D eigenvalue weighted by molar-refractivity contribution is 0.179. The molecule has 3 rings (SSSR count). The van der Waals surface area contributed by atoms with E-state index in [0.29, 0.717) is 19.0 Å². The number of rotatable bonds is 10. The van der Waals surface area contributed by atoms with Gasteiger partial charge in [0.2, 0.25) is 0 Å². The molecule has 0 spiro atoms. The molecule has 1 aliphatic heterocycles. The smallest absolute Gasteiger partial charge is 0.191 e. The highest BCUT2D eigenvalue weighted by atomic mass is 127. The van der Waals surface area contributed by atoms with Crippen molar-refractivity contribution in [2.75, 3.05) is 32.7 Å². The summed E-state index contributed by atoms with van der Waals surface area (Å²) in [5.41, 5.74) is 0.812. The monoisotopic (exact) mass is 556 g/mol. The van der Waals surface area contributed by atoms with Gasteiger partial charge in [0, 0.05) is 13.1 Å². The SMILES string of the molecule is CCNC(=NCC(c1ccco1)N1CCCC1)NCC(O)c1cccc(OC(C)C)c1.I. The van der Waals surface area contributed by atoms with Crippen LogP contribution in [0.4, 0.5) is 0 Å². The van der Waals surface area contributed by atoms with Gasteiger partial charge < -0.3 is 24.9 Å². The van der Waals surface area contributed by atoms with Crippen LogP contribution in [0.3, 0.4) is 0 Å². The van der Waals surface area contributed by atoms with Crippen molar-refractivity contribution in [2.24, 2.45) is 4.99 Å². The van der Waals surface area contributed by atoms with Gasteiger partial charge in [-0.25, -0.2) is 0 Å². The molecule has 2 atom stereocenters. The molecule has 0 saturated carbocycles. The van der Waals surface area contributed by atoms with E-state index in [2.05, 4.69) is 15.5 Å². The van der Waals surface area contributed by atoms with Crippen LogP contribution in [0.2, 0.25) is 0 Å². The molecule has 2 aromatic rings. The Kier molecular flexibility index (Phi) is 11.3. The molecule has 1 aromatic heterocycles. The molecule has 0 bridgehead atoms. The zero-order valence-corrected chi connectivity index (χ0v) is 21.6. The first-order chi connectivity index (χ1) is 15.1. The lowest BCUT2D eigenvalue weighted by Crippen LogP contribution is -2.40. The highest BCUT2D eigenvalue weighted by molar-refractivity contribution is 14.0. The van der Waals surface area contributed by atoms with E-state index >= 15 is 0 Å². The fourth-order valence-electron chi connectivity index (χ4n) is 3.82. The minimum Gasteiger partial charge on any atom is -0.491 e. The molecule has 7 nitrogen and oxygen atoms in total. The minimum absolute atomic E-state index is 0. The number of likely N-dealkylation sites (tertiary alicyclic amines) is 1. The summed E-state index contributed by atoms with van der Waals surface area (Å²) in [6, 6.07) is 11.7. The number of aliphatic hydroxyl groups excluding tert-OH is 1. The summed E-state index contributed by atoms with van der Waals surface area (Å²) in [6.07, 6.45) is 3.57. The molecule has 1 saturated heterocycles. The van der Waals surface area contributed by atoms with Crippen LogP contribution in [0, 0.1) is 0 Å². The van der Waals surface area contributed by atoms with Crippen molar-refractivity contribution < 1.29 is 14.3 Å². The molecule has 3 N–H and O–H groups in total. The first-order valence-corrected chi connectivity index (χ1v) is 11.3. The van der Waals surface area contributed by atoms with Gasteiger partial charge in [0.15, 0.2) is 5.96 Å². The maximum Gasteiger partial charge on any atom is 0.191 e. The van der Waals surface area contributed by atoms with Crippen molar-refractivity contribution >= 4 is 29.9 Å². The van der Waals surface area contributed by atoms with E-state index in [1.54, 1.807) is 6.26 Å². The third kappa shape index (κ3) is 7.97. The largest absolute Gasteiger partial charge is 0.491 e. The fourth-order valence-corrected chi connectivity index (χ4v) is 3.82. The number of hydrogen-bond donors (Lipinski definition) is 3. The van der Waals surface area contributed by atoms with Gasteiger partial charge in [0.25, 0.3) is 0 Å². The van der Waals surface area contributed by atoms with Crippen molar-refractivity contribution in [2.45, 2.75) is 51.9 Å². The number of aliphatic hydroxyl groups is 1. The van der Waals surface area contributed by atoms with Gasteiger partial charge in [-0.2, -0.15) is 0 Å². The molecule has 8 heteroatoms. The lowest BCUT2D eigenvalue weighted by atomic mass is 10.1. The Morgan fingerprint density at radius 1 is 1.19 bits per heavy atom. The third-order valence-electron chi connectivity index (χ3n) is 5.30. The first-order valence-electron chi connectivity index (χ1n) is 11.3. The number of nitrogens with one attached hydrogen (secondary N) is 2. The standard InChI is InChI=1S/C24H36N4O3.HI/c1-4-25-24(26-16-21(23-11-8-14-30-23)28-12-5-6-13-28)27-17-22(29)19-9-7-10-20(15-19)31-18(2)3;/h7-11,14-15,18,21-22,29H,4-6,12-13,16-17H2,1-3H3,(H2,25,26,27);1H. The molecular weight excluding hydrogens is 519 g/mol. The number of nitrogens with zero attached hydrogens (tertiary/aromatic N) is 2. The van der Waals surface area contributed by atoms with Gasteiger partial charge in [-0.15, -0.1) is 24.0 Å². The number of benzene rings is 1. The second kappa shape index (κ2) is 13.7. The average Bonchev–Trinajstić information content (AvgIpc) is 3.46. The molecule has 0 amide bonds. The van der Waals surface area contributed by atoms with Crippen LogP contribution in [-0.2, 0) is 0 Å². The zero-order chi connectivity index (χ0) is 22.1. The topological polar surface area (TPSA) is 82.3 Å². The second-order valence-corrected chi connectivity index (χ2v) is 8.13. The fraction of sp³-hybridized carbons (Fsp3) is 0.542. The Balaban J connectivity index is 0.00000363. The van der Waals surface area contributed by atoms with Crippen LogP contribution in [0.25, 0.3) is 0 Å². The Labute approximate surface area is 208 Å². The van der Waals surface area contributed by atoms with Crippen molar-refractivity contribution in [1.29, 1.82) is 0 Å². The van der Waals surface area contributed by atoms with Gasteiger partial charge in [-0.05, 0) is 76.5 Å².